The number of nitrogens with one attached hydrogen (secondary N) is 2. The maximum Gasteiger partial charge on any atom is 0.413 e. The Balaban J connectivity index is 0.00000182. The molecular formula is C18H18ClN3O3. The van der Waals surface area contributed by atoms with Crippen molar-refractivity contribution in [1.82, 2.24) is 10.3 Å². The number of hydrogen-bond donors (Lipinski definition) is 3. The van der Waals surface area contributed by atoms with E-state index in [1.165, 1.54) is 0 Å². The number of halogens is 1. The lowest BCUT2D eigenvalue weighted by Crippen LogP contribution is -2.25. The van der Waals surface area contributed by atoms with E-state index in [9.17, 15) is 9.90 Å². The summed E-state index contributed by atoms with van der Waals surface area (Å²) in [7, 11) is 0. The highest BCUT2D eigenvalue weighted by atomic mass is 35.5. The van der Waals surface area contributed by atoms with Gasteiger partial charge in [0.25, 0.3) is 0 Å². The molecule has 0 aliphatic carbocycles. The molecular weight excluding hydrogens is 342 g/mol. The van der Waals surface area contributed by atoms with E-state index in [1.54, 1.807) is 12.1 Å². The summed E-state index contributed by atoms with van der Waals surface area (Å²) in [4.78, 5) is 16.1. The van der Waals surface area contributed by atoms with E-state index in [2.05, 4.69) is 21.7 Å². The number of pyridine rings is 1. The fraction of sp³-hybridized carbons (Fsp3) is 0.222. The number of aromatic hydroxyl groups is 1. The maximum absolute atomic E-state index is 11.6. The molecule has 2 aromatic rings. The van der Waals surface area contributed by atoms with Crippen LogP contribution in [-0.4, -0.2) is 29.3 Å². The topological polar surface area (TPSA) is 83.5 Å². The fourth-order valence-corrected chi connectivity index (χ4v) is 3.06. The van der Waals surface area contributed by atoms with E-state index in [-0.39, 0.29) is 24.8 Å². The summed E-state index contributed by atoms with van der Waals surface area (Å²) in [6, 6.07) is 9.00. The first-order chi connectivity index (χ1) is 11.7. The number of hydrogen-bond acceptors (Lipinski definition) is 5. The molecule has 6 nitrogen and oxygen atoms in total. The van der Waals surface area contributed by atoms with Crippen LogP contribution in [0.2, 0.25) is 0 Å². The van der Waals surface area contributed by atoms with E-state index in [0.29, 0.717) is 17.1 Å². The van der Waals surface area contributed by atoms with Gasteiger partial charge in [-0.1, -0.05) is 18.2 Å². The van der Waals surface area contributed by atoms with Crippen molar-refractivity contribution in [3.8, 4) is 17.0 Å². The first kappa shape index (κ1) is 17.3. The number of ether oxygens (including phenoxy) is 1. The predicted octanol–water partition coefficient (Wildman–Crippen LogP) is 3.31. The Morgan fingerprint density at radius 1 is 1.20 bits per heavy atom. The van der Waals surface area contributed by atoms with Gasteiger partial charge in [0.05, 0.1) is 5.69 Å². The number of carbonyl (C=O) groups is 1. The van der Waals surface area contributed by atoms with E-state index in [4.69, 9.17) is 4.74 Å². The zero-order chi connectivity index (χ0) is 16.5. The number of aromatic nitrogens is 1. The molecule has 0 fully saturated rings. The molecule has 130 valence electrons. The lowest BCUT2D eigenvalue weighted by atomic mass is 9.95. The number of para-hydroxylation sites is 1. The summed E-state index contributed by atoms with van der Waals surface area (Å²) in [6.07, 6.45) is 2.63. The van der Waals surface area contributed by atoms with Crippen LogP contribution in [0.1, 0.15) is 17.5 Å². The molecule has 0 radical (unpaired) electrons. The van der Waals surface area contributed by atoms with Crippen molar-refractivity contribution in [3.63, 3.8) is 0 Å². The molecule has 3 heterocycles. The molecule has 1 aromatic heterocycles. The van der Waals surface area contributed by atoms with Crippen molar-refractivity contribution >= 4 is 29.9 Å². The van der Waals surface area contributed by atoms with Crippen LogP contribution in [0.5, 0.6) is 5.75 Å². The van der Waals surface area contributed by atoms with Gasteiger partial charge in [0.15, 0.2) is 0 Å². The van der Waals surface area contributed by atoms with Crippen molar-refractivity contribution in [3.05, 3.63) is 47.5 Å². The summed E-state index contributed by atoms with van der Waals surface area (Å²) in [5, 5.41) is 16.2. The van der Waals surface area contributed by atoms with Crippen molar-refractivity contribution < 1.29 is 14.6 Å². The zero-order valence-corrected chi connectivity index (χ0v) is 14.2. The maximum atomic E-state index is 11.6. The lowest BCUT2D eigenvalue weighted by Gasteiger charge is -2.24. The Hall–Kier alpha value is -2.57. The first-order valence-corrected chi connectivity index (χ1v) is 7.88. The number of fused-ring (bicyclic) bond motifs is 1. The second-order valence-corrected chi connectivity index (χ2v) is 5.80. The Labute approximate surface area is 151 Å². The molecule has 1 aromatic carbocycles. The molecule has 0 bridgehead atoms. The summed E-state index contributed by atoms with van der Waals surface area (Å²) in [5.41, 5.74) is 4.26. The minimum atomic E-state index is -0.508. The number of anilines is 1. The molecule has 4 rings (SSSR count). The largest absolute Gasteiger partial charge is 0.507 e. The first-order valence-electron chi connectivity index (χ1n) is 7.88. The Kier molecular flexibility index (Phi) is 4.92. The van der Waals surface area contributed by atoms with Crippen molar-refractivity contribution in [2.75, 3.05) is 18.4 Å². The number of benzene rings is 1. The van der Waals surface area contributed by atoms with Gasteiger partial charge in [-0.15, -0.1) is 12.4 Å². The smallest absolute Gasteiger partial charge is 0.413 e. The van der Waals surface area contributed by atoms with E-state index < -0.39 is 6.09 Å². The molecule has 2 aliphatic rings. The van der Waals surface area contributed by atoms with E-state index >= 15 is 0 Å². The van der Waals surface area contributed by atoms with E-state index in [0.717, 1.165) is 36.2 Å². The quantitative estimate of drug-likeness (QED) is 0.766. The van der Waals surface area contributed by atoms with E-state index in [1.807, 2.05) is 18.2 Å². The van der Waals surface area contributed by atoms with Gasteiger partial charge in [-0.05, 0) is 42.3 Å². The molecule has 7 heteroatoms. The SMILES string of the molecule is Cl.O=C1Nc2nc(-c3ccccc3O)cc(C3=CCCNC3)c2CO1. The molecule has 25 heavy (non-hydrogen) atoms. The van der Waals surface area contributed by atoms with Crippen molar-refractivity contribution in [2.45, 2.75) is 13.0 Å². The highest BCUT2D eigenvalue weighted by Crippen LogP contribution is 2.35. The third kappa shape index (κ3) is 3.31. The number of phenols is 1. The average molecular weight is 360 g/mol. The molecule has 0 saturated heterocycles. The number of amides is 1. The van der Waals surface area contributed by atoms with Gasteiger partial charge < -0.3 is 15.2 Å². The molecule has 0 spiro atoms. The van der Waals surface area contributed by atoms with Gasteiger partial charge in [-0.2, -0.15) is 0 Å². The van der Waals surface area contributed by atoms with Gasteiger partial charge in [0, 0.05) is 17.7 Å². The standard InChI is InChI=1S/C18H17N3O3.ClH/c22-16-6-2-1-5-12(16)15-8-13(11-4-3-7-19-9-11)14-10-24-18(23)21-17(14)20-15;/h1-2,4-6,8,19,22H,3,7,9-10H2,(H,20,21,23);1H. The monoisotopic (exact) mass is 359 g/mol. The summed E-state index contributed by atoms with van der Waals surface area (Å²) >= 11 is 0. The molecule has 1 amide bonds. The number of phenolic OH excluding ortho intramolecular Hbond substituents is 1. The lowest BCUT2D eigenvalue weighted by molar-refractivity contribution is 0.151. The Morgan fingerprint density at radius 3 is 2.80 bits per heavy atom. The average Bonchev–Trinajstić information content (AvgIpc) is 2.61. The fourth-order valence-electron chi connectivity index (χ4n) is 3.06. The van der Waals surface area contributed by atoms with Crippen LogP contribution in [0.4, 0.5) is 10.6 Å². The van der Waals surface area contributed by atoms with Gasteiger partial charge >= 0.3 is 6.09 Å². The van der Waals surface area contributed by atoms with Crippen LogP contribution < -0.4 is 10.6 Å². The third-order valence-electron chi connectivity index (χ3n) is 4.25. The van der Waals surface area contributed by atoms with Gasteiger partial charge in [-0.25, -0.2) is 9.78 Å². The molecule has 0 unspecified atom stereocenters. The molecule has 0 saturated carbocycles. The van der Waals surface area contributed by atoms with Gasteiger partial charge in [-0.3, -0.25) is 5.32 Å². The Bertz CT molecular complexity index is 851. The van der Waals surface area contributed by atoms with Crippen LogP contribution in [0.15, 0.2) is 36.4 Å². The summed E-state index contributed by atoms with van der Waals surface area (Å²) in [6.45, 7) is 1.91. The molecule has 2 aliphatic heterocycles. The second-order valence-electron chi connectivity index (χ2n) is 5.80. The minimum absolute atomic E-state index is 0. The number of rotatable bonds is 2. The van der Waals surface area contributed by atoms with Crippen molar-refractivity contribution in [1.29, 1.82) is 0 Å². The molecule has 0 atom stereocenters. The van der Waals surface area contributed by atoms with Crippen molar-refractivity contribution in [2.24, 2.45) is 0 Å². The van der Waals surface area contributed by atoms with Crippen LogP contribution >= 0.6 is 12.4 Å². The third-order valence-corrected chi connectivity index (χ3v) is 4.25. The normalized spacial score (nSPS) is 16.0. The van der Waals surface area contributed by atoms with Crippen LogP contribution in [-0.2, 0) is 11.3 Å². The highest BCUT2D eigenvalue weighted by molar-refractivity contribution is 5.89. The van der Waals surface area contributed by atoms with Crippen LogP contribution in [0.25, 0.3) is 16.8 Å². The Morgan fingerprint density at radius 2 is 2.04 bits per heavy atom. The van der Waals surface area contributed by atoms with Gasteiger partial charge in [0.1, 0.15) is 18.2 Å². The van der Waals surface area contributed by atoms with Crippen LogP contribution in [0, 0.1) is 0 Å². The van der Waals surface area contributed by atoms with Crippen LogP contribution in [0.3, 0.4) is 0 Å². The predicted molar refractivity (Wildman–Crippen MR) is 97.9 cm³/mol. The minimum Gasteiger partial charge on any atom is -0.507 e. The second kappa shape index (κ2) is 7.13. The summed E-state index contributed by atoms with van der Waals surface area (Å²) in [5.74, 6) is 0.651. The molecule has 3 N–H and O–H groups in total. The van der Waals surface area contributed by atoms with Gasteiger partial charge in [0.2, 0.25) is 0 Å². The summed E-state index contributed by atoms with van der Waals surface area (Å²) < 4.78 is 5.12. The highest BCUT2D eigenvalue weighted by Gasteiger charge is 2.24. The number of nitrogens with zero attached hydrogens (tertiary/aromatic N) is 1. The zero-order valence-electron chi connectivity index (χ0n) is 13.4. The number of cyclic esters (lactones) is 1. The number of carbonyl (C=O) groups excluding carboxylic acids is 1.